The zero-order valence-corrected chi connectivity index (χ0v) is 15.4. The Kier molecular flexibility index (Phi) is 3.21. The predicted molar refractivity (Wildman–Crippen MR) is 113 cm³/mol. The highest BCUT2D eigenvalue weighted by Gasteiger charge is 2.53. The standard InChI is InChI=1S/C25H19BO2/c27-26(28)23-15-7-14-22-24(23)18-10-3-6-13-21(18)25(22)19-11-4-1-8-16(19)17-9-2-5-12-20(17)25/h1-2,4-9,11-15,27-28H,3,10H2. The minimum atomic E-state index is -1.48. The molecule has 2 nitrogen and oxygen atoms in total. The molecule has 0 aliphatic heterocycles. The zero-order valence-electron chi connectivity index (χ0n) is 15.4. The van der Waals surface area contributed by atoms with Crippen molar-refractivity contribution in [1.82, 2.24) is 0 Å². The molecule has 3 aliphatic rings. The van der Waals surface area contributed by atoms with Gasteiger partial charge in [0, 0.05) is 0 Å². The van der Waals surface area contributed by atoms with Crippen molar-refractivity contribution in [2.45, 2.75) is 18.3 Å². The molecule has 0 saturated heterocycles. The number of allylic oxidation sites excluding steroid dienone is 4. The van der Waals surface area contributed by atoms with Crippen molar-refractivity contribution in [1.29, 1.82) is 0 Å². The molecule has 2 N–H and O–H groups in total. The van der Waals surface area contributed by atoms with Crippen LogP contribution in [0.3, 0.4) is 0 Å². The molecule has 3 aliphatic carbocycles. The minimum absolute atomic E-state index is 0.375. The second-order valence-corrected chi connectivity index (χ2v) is 7.82. The molecule has 0 bridgehead atoms. The maximum absolute atomic E-state index is 10.1. The van der Waals surface area contributed by atoms with Gasteiger partial charge in [-0.2, -0.15) is 0 Å². The summed E-state index contributed by atoms with van der Waals surface area (Å²) in [6.07, 6.45) is 6.43. The van der Waals surface area contributed by atoms with Crippen LogP contribution in [0, 0.1) is 0 Å². The molecule has 0 heterocycles. The Morgan fingerprint density at radius 3 is 2.07 bits per heavy atom. The zero-order chi connectivity index (χ0) is 18.9. The van der Waals surface area contributed by atoms with E-state index < -0.39 is 7.12 Å². The third-order valence-electron chi connectivity index (χ3n) is 6.61. The van der Waals surface area contributed by atoms with Gasteiger partial charge in [0.25, 0.3) is 0 Å². The van der Waals surface area contributed by atoms with Gasteiger partial charge in [-0.15, -0.1) is 0 Å². The van der Waals surface area contributed by atoms with Gasteiger partial charge in [-0.1, -0.05) is 78.9 Å². The smallest absolute Gasteiger partial charge is 0.423 e. The molecular weight excluding hydrogens is 343 g/mol. The average Bonchev–Trinajstić information content (AvgIpc) is 3.21. The predicted octanol–water partition coefficient (Wildman–Crippen LogP) is 3.80. The van der Waals surface area contributed by atoms with Gasteiger partial charge >= 0.3 is 7.12 Å². The molecule has 0 saturated carbocycles. The van der Waals surface area contributed by atoms with Crippen LogP contribution in [-0.2, 0) is 5.41 Å². The first-order valence-corrected chi connectivity index (χ1v) is 9.84. The van der Waals surface area contributed by atoms with Crippen molar-refractivity contribution in [3.05, 3.63) is 107 Å². The summed E-state index contributed by atoms with van der Waals surface area (Å²) in [5.74, 6) is 0. The van der Waals surface area contributed by atoms with Crippen molar-refractivity contribution in [3.63, 3.8) is 0 Å². The number of hydrogen-bond donors (Lipinski definition) is 2. The quantitative estimate of drug-likeness (QED) is 0.647. The van der Waals surface area contributed by atoms with E-state index in [1.54, 1.807) is 0 Å². The second kappa shape index (κ2) is 5.57. The van der Waals surface area contributed by atoms with E-state index >= 15 is 0 Å². The van der Waals surface area contributed by atoms with E-state index in [1.807, 2.05) is 12.1 Å². The van der Waals surface area contributed by atoms with Crippen LogP contribution in [0.25, 0.3) is 16.7 Å². The van der Waals surface area contributed by atoms with Crippen LogP contribution in [0.1, 0.15) is 35.1 Å². The average molecular weight is 362 g/mol. The molecule has 0 atom stereocenters. The Morgan fingerprint density at radius 1 is 0.750 bits per heavy atom. The van der Waals surface area contributed by atoms with Crippen LogP contribution in [-0.4, -0.2) is 17.2 Å². The van der Waals surface area contributed by atoms with Gasteiger partial charge in [0.2, 0.25) is 0 Å². The molecule has 3 aromatic carbocycles. The van der Waals surface area contributed by atoms with Gasteiger partial charge in [-0.3, -0.25) is 0 Å². The lowest BCUT2D eigenvalue weighted by atomic mass is 9.68. The van der Waals surface area contributed by atoms with E-state index in [9.17, 15) is 10.0 Å². The summed E-state index contributed by atoms with van der Waals surface area (Å²) in [6, 6.07) is 23.3. The summed E-state index contributed by atoms with van der Waals surface area (Å²) < 4.78 is 0. The molecule has 134 valence electrons. The molecule has 6 rings (SSSR count). The molecule has 3 heteroatoms. The van der Waals surface area contributed by atoms with E-state index in [0.717, 1.165) is 18.4 Å². The van der Waals surface area contributed by atoms with Gasteiger partial charge in [0.1, 0.15) is 0 Å². The van der Waals surface area contributed by atoms with Crippen LogP contribution >= 0.6 is 0 Å². The largest absolute Gasteiger partial charge is 0.489 e. The van der Waals surface area contributed by atoms with Crippen LogP contribution < -0.4 is 5.46 Å². The van der Waals surface area contributed by atoms with E-state index in [-0.39, 0.29) is 5.41 Å². The normalized spacial score (nSPS) is 17.4. The summed E-state index contributed by atoms with van der Waals surface area (Å²) in [6.45, 7) is 0. The fourth-order valence-corrected chi connectivity index (χ4v) is 5.67. The van der Waals surface area contributed by atoms with E-state index in [2.05, 4.69) is 66.7 Å². The van der Waals surface area contributed by atoms with Crippen LogP contribution in [0.4, 0.5) is 0 Å². The maximum atomic E-state index is 10.1. The first-order chi connectivity index (χ1) is 13.7. The Balaban J connectivity index is 1.83. The molecule has 0 amide bonds. The molecule has 0 unspecified atom stereocenters. The molecule has 0 aromatic heterocycles. The van der Waals surface area contributed by atoms with Gasteiger partial charge < -0.3 is 10.0 Å². The van der Waals surface area contributed by atoms with Crippen LogP contribution in [0.5, 0.6) is 0 Å². The third-order valence-corrected chi connectivity index (χ3v) is 6.61. The molecule has 28 heavy (non-hydrogen) atoms. The third kappa shape index (κ3) is 1.76. The Hall–Kier alpha value is -2.88. The lowest BCUT2D eigenvalue weighted by molar-refractivity contribution is 0.425. The number of hydrogen-bond acceptors (Lipinski definition) is 2. The topological polar surface area (TPSA) is 40.5 Å². The second-order valence-electron chi connectivity index (χ2n) is 7.82. The molecule has 0 fully saturated rings. The highest BCUT2D eigenvalue weighted by Crippen LogP contribution is 2.62. The molecule has 0 radical (unpaired) electrons. The first kappa shape index (κ1) is 16.1. The van der Waals surface area contributed by atoms with Gasteiger partial charge in [0.15, 0.2) is 0 Å². The fourth-order valence-electron chi connectivity index (χ4n) is 5.67. The first-order valence-electron chi connectivity index (χ1n) is 9.84. The number of fused-ring (bicyclic) bond motifs is 9. The molecular formula is C25H19BO2. The Labute approximate surface area is 164 Å². The minimum Gasteiger partial charge on any atom is -0.423 e. The number of rotatable bonds is 1. The van der Waals surface area contributed by atoms with Gasteiger partial charge in [0.05, 0.1) is 5.41 Å². The van der Waals surface area contributed by atoms with E-state index in [1.165, 1.54) is 39.0 Å². The van der Waals surface area contributed by atoms with E-state index in [0.29, 0.717) is 5.46 Å². The summed E-state index contributed by atoms with van der Waals surface area (Å²) in [7, 11) is -1.48. The van der Waals surface area contributed by atoms with Crippen molar-refractivity contribution in [3.8, 4) is 11.1 Å². The fraction of sp³-hybridized carbons (Fsp3) is 0.120. The van der Waals surface area contributed by atoms with Crippen LogP contribution in [0.2, 0.25) is 0 Å². The summed E-state index contributed by atoms with van der Waals surface area (Å²) in [5, 5.41) is 20.2. The lowest BCUT2D eigenvalue weighted by Gasteiger charge is -2.32. The lowest BCUT2D eigenvalue weighted by Crippen LogP contribution is -2.34. The van der Waals surface area contributed by atoms with Crippen molar-refractivity contribution < 1.29 is 10.0 Å². The molecule has 3 aromatic rings. The monoisotopic (exact) mass is 362 g/mol. The van der Waals surface area contributed by atoms with Crippen LogP contribution in [0.15, 0.2) is 84.5 Å². The highest BCUT2D eigenvalue weighted by atomic mass is 16.4. The summed E-state index contributed by atoms with van der Waals surface area (Å²) in [4.78, 5) is 0. The highest BCUT2D eigenvalue weighted by molar-refractivity contribution is 6.60. The SMILES string of the molecule is OB(O)c1cccc2c1C1=C(C=CCC1)C21c2ccccc2-c2ccccc21. The summed E-state index contributed by atoms with van der Waals surface area (Å²) in [5.41, 5.74) is 10.1. The maximum Gasteiger partial charge on any atom is 0.489 e. The van der Waals surface area contributed by atoms with Crippen molar-refractivity contribution in [2.75, 3.05) is 0 Å². The molecule has 1 spiro atoms. The van der Waals surface area contributed by atoms with Crippen molar-refractivity contribution in [2.24, 2.45) is 0 Å². The Morgan fingerprint density at radius 2 is 1.39 bits per heavy atom. The van der Waals surface area contributed by atoms with E-state index in [4.69, 9.17) is 0 Å². The number of benzene rings is 3. The summed E-state index contributed by atoms with van der Waals surface area (Å²) >= 11 is 0. The van der Waals surface area contributed by atoms with Gasteiger partial charge in [-0.05, 0) is 62.8 Å². The van der Waals surface area contributed by atoms with Gasteiger partial charge in [-0.25, -0.2) is 0 Å². The Bertz CT molecular complexity index is 1160. The van der Waals surface area contributed by atoms with Crippen molar-refractivity contribution >= 4 is 18.2 Å².